The predicted molar refractivity (Wildman–Crippen MR) is 106 cm³/mol. The smallest absolute Gasteiger partial charge is 0.255 e. The Balaban J connectivity index is 1.60. The van der Waals surface area contributed by atoms with Gasteiger partial charge in [-0.3, -0.25) is 9.59 Å². The van der Waals surface area contributed by atoms with Gasteiger partial charge in [-0.05, 0) is 48.7 Å². The highest BCUT2D eigenvalue weighted by Gasteiger charge is 2.21. The van der Waals surface area contributed by atoms with Crippen LogP contribution in [0.2, 0.25) is 0 Å². The number of nitrogens with one attached hydrogen (secondary N) is 2. The highest BCUT2D eigenvalue weighted by atomic mass is 32.1. The number of amides is 2. The van der Waals surface area contributed by atoms with Crippen molar-refractivity contribution in [2.24, 2.45) is 0 Å². The summed E-state index contributed by atoms with van der Waals surface area (Å²) in [4.78, 5) is 30.4. The summed E-state index contributed by atoms with van der Waals surface area (Å²) in [6.07, 6.45) is 2.44. The summed E-state index contributed by atoms with van der Waals surface area (Å²) < 4.78 is 0. The van der Waals surface area contributed by atoms with Crippen molar-refractivity contribution in [3.8, 4) is 0 Å². The number of aromatic nitrogens is 1. The van der Waals surface area contributed by atoms with Crippen LogP contribution in [-0.4, -0.2) is 16.8 Å². The van der Waals surface area contributed by atoms with E-state index in [4.69, 9.17) is 0 Å². The number of hydrogen-bond donors (Lipinski definition) is 2. The van der Waals surface area contributed by atoms with E-state index in [0.717, 1.165) is 26.6 Å². The molecule has 0 bridgehead atoms. The zero-order valence-corrected chi connectivity index (χ0v) is 15.9. The first-order valence-electron chi connectivity index (χ1n) is 8.73. The fourth-order valence-corrected chi connectivity index (χ4v) is 4.06. The van der Waals surface area contributed by atoms with Crippen molar-refractivity contribution in [3.63, 3.8) is 0 Å². The molecule has 0 aliphatic carbocycles. The van der Waals surface area contributed by atoms with Crippen LogP contribution in [-0.2, 0) is 13.0 Å². The van der Waals surface area contributed by atoms with Gasteiger partial charge < -0.3 is 10.6 Å². The van der Waals surface area contributed by atoms with E-state index in [1.807, 2.05) is 44.2 Å². The van der Waals surface area contributed by atoms with Crippen LogP contribution in [0, 0.1) is 13.8 Å². The van der Waals surface area contributed by atoms with Crippen molar-refractivity contribution in [3.05, 3.63) is 80.3 Å². The van der Waals surface area contributed by atoms with Crippen molar-refractivity contribution >= 4 is 28.8 Å². The zero-order valence-electron chi connectivity index (χ0n) is 15.1. The van der Waals surface area contributed by atoms with Gasteiger partial charge in [-0.2, -0.15) is 0 Å². The van der Waals surface area contributed by atoms with Gasteiger partial charge in [-0.15, -0.1) is 11.3 Å². The van der Waals surface area contributed by atoms with Crippen molar-refractivity contribution < 1.29 is 9.59 Å². The standard InChI is InChI=1S/C21H19N3O2S/c1-12-7-15(20(25)23-11-16-10-22-13(2)27-16)9-19-18(12)8-14-5-3-4-6-17(14)21(26)24-19/h3-7,9-10H,8,11H2,1-2H3,(H,23,25)(H,24,26). The van der Waals surface area contributed by atoms with Crippen molar-refractivity contribution in [2.45, 2.75) is 26.8 Å². The van der Waals surface area contributed by atoms with E-state index in [-0.39, 0.29) is 11.8 Å². The van der Waals surface area contributed by atoms with Crippen molar-refractivity contribution in [2.75, 3.05) is 5.32 Å². The molecule has 2 amide bonds. The Hall–Kier alpha value is -2.99. The Labute approximate surface area is 161 Å². The van der Waals surface area contributed by atoms with Crippen LogP contribution in [0.3, 0.4) is 0 Å². The Bertz CT molecular complexity index is 1060. The molecule has 27 heavy (non-hydrogen) atoms. The molecule has 6 heteroatoms. The molecule has 1 aliphatic rings. The summed E-state index contributed by atoms with van der Waals surface area (Å²) in [6, 6.07) is 11.2. The Morgan fingerprint density at radius 2 is 2.07 bits per heavy atom. The van der Waals surface area contributed by atoms with Gasteiger partial charge in [-0.1, -0.05) is 18.2 Å². The average molecular weight is 377 g/mol. The second kappa shape index (κ2) is 6.96. The Kier molecular flexibility index (Phi) is 4.49. The second-order valence-corrected chi connectivity index (χ2v) is 7.95. The van der Waals surface area contributed by atoms with Crippen molar-refractivity contribution in [1.29, 1.82) is 0 Å². The minimum atomic E-state index is -0.164. The molecule has 0 saturated heterocycles. The summed E-state index contributed by atoms with van der Waals surface area (Å²) >= 11 is 1.56. The fraction of sp³-hybridized carbons (Fsp3) is 0.190. The molecule has 1 aliphatic heterocycles. The highest BCUT2D eigenvalue weighted by molar-refractivity contribution is 7.11. The number of carbonyl (C=O) groups excluding carboxylic acids is 2. The summed E-state index contributed by atoms with van der Waals surface area (Å²) in [5.41, 5.74) is 4.95. The number of aryl methyl sites for hydroxylation is 2. The topological polar surface area (TPSA) is 71.1 Å². The number of fused-ring (bicyclic) bond motifs is 2. The maximum Gasteiger partial charge on any atom is 0.255 e. The minimum absolute atomic E-state index is 0.138. The minimum Gasteiger partial charge on any atom is -0.347 e. The molecule has 2 N–H and O–H groups in total. The number of thiazole rings is 1. The van der Waals surface area contributed by atoms with Crippen LogP contribution in [0.5, 0.6) is 0 Å². The predicted octanol–water partition coefficient (Wildman–Crippen LogP) is 3.85. The van der Waals surface area contributed by atoms with E-state index < -0.39 is 0 Å². The summed E-state index contributed by atoms with van der Waals surface area (Å²) in [5.74, 6) is -0.301. The molecule has 0 saturated carbocycles. The van der Waals surface area contributed by atoms with E-state index >= 15 is 0 Å². The molecule has 3 aromatic rings. The van der Waals surface area contributed by atoms with Gasteiger partial charge in [0.2, 0.25) is 0 Å². The van der Waals surface area contributed by atoms with Crippen LogP contribution in [0.4, 0.5) is 5.69 Å². The van der Waals surface area contributed by atoms with Gasteiger partial charge in [0, 0.05) is 34.3 Å². The molecule has 4 rings (SSSR count). The lowest BCUT2D eigenvalue weighted by molar-refractivity contribution is 0.0950. The third kappa shape index (κ3) is 3.48. The first-order chi connectivity index (χ1) is 13.0. The average Bonchev–Trinajstić information content (AvgIpc) is 3.01. The molecule has 1 aromatic heterocycles. The number of carbonyl (C=O) groups is 2. The number of benzene rings is 2. The zero-order chi connectivity index (χ0) is 19.0. The molecular formula is C21H19N3O2S. The SMILES string of the molecule is Cc1ncc(CNC(=O)c2cc(C)c3c(c2)NC(=O)c2ccccc2C3)s1. The molecule has 2 heterocycles. The number of anilines is 1. The third-order valence-corrected chi connectivity index (χ3v) is 5.62. The number of hydrogen-bond acceptors (Lipinski definition) is 4. The molecule has 136 valence electrons. The molecule has 0 radical (unpaired) electrons. The third-order valence-electron chi connectivity index (χ3n) is 4.70. The van der Waals surface area contributed by atoms with E-state index in [0.29, 0.717) is 29.8 Å². The molecule has 0 unspecified atom stereocenters. The van der Waals surface area contributed by atoms with Gasteiger partial charge in [-0.25, -0.2) is 4.98 Å². The van der Waals surface area contributed by atoms with E-state index in [9.17, 15) is 9.59 Å². The lowest BCUT2D eigenvalue weighted by atomic mass is 9.95. The monoisotopic (exact) mass is 377 g/mol. The van der Waals surface area contributed by atoms with Gasteiger partial charge in [0.1, 0.15) is 0 Å². The van der Waals surface area contributed by atoms with Crippen LogP contribution in [0.15, 0.2) is 42.6 Å². The highest BCUT2D eigenvalue weighted by Crippen LogP contribution is 2.30. The van der Waals surface area contributed by atoms with E-state index in [2.05, 4.69) is 15.6 Å². The van der Waals surface area contributed by atoms with Crippen LogP contribution in [0.1, 0.15) is 47.3 Å². The van der Waals surface area contributed by atoms with Gasteiger partial charge in [0.15, 0.2) is 0 Å². The normalized spacial score (nSPS) is 12.6. The molecule has 5 nitrogen and oxygen atoms in total. The van der Waals surface area contributed by atoms with Crippen LogP contribution < -0.4 is 10.6 Å². The Morgan fingerprint density at radius 1 is 1.26 bits per heavy atom. The molecule has 0 fully saturated rings. The molecule has 2 aromatic carbocycles. The fourth-order valence-electron chi connectivity index (χ4n) is 3.33. The largest absolute Gasteiger partial charge is 0.347 e. The summed E-state index contributed by atoms with van der Waals surface area (Å²) in [5, 5.41) is 6.86. The maximum absolute atomic E-state index is 12.6. The first-order valence-corrected chi connectivity index (χ1v) is 9.55. The molecule has 0 atom stereocenters. The number of nitrogens with zero attached hydrogens (tertiary/aromatic N) is 1. The maximum atomic E-state index is 12.6. The van der Waals surface area contributed by atoms with Crippen LogP contribution >= 0.6 is 11.3 Å². The lowest BCUT2D eigenvalue weighted by Crippen LogP contribution is -2.23. The number of rotatable bonds is 3. The summed E-state index contributed by atoms with van der Waals surface area (Å²) in [7, 11) is 0. The quantitative estimate of drug-likeness (QED) is 0.728. The van der Waals surface area contributed by atoms with Gasteiger partial charge in [0.05, 0.1) is 11.6 Å². The van der Waals surface area contributed by atoms with E-state index in [1.165, 1.54) is 0 Å². The Morgan fingerprint density at radius 3 is 2.85 bits per heavy atom. The first kappa shape index (κ1) is 17.4. The van der Waals surface area contributed by atoms with Gasteiger partial charge >= 0.3 is 0 Å². The lowest BCUT2D eigenvalue weighted by Gasteiger charge is -2.13. The van der Waals surface area contributed by atoms with Crippen LogP contribution in [0.25, 0.3) is 0 Å². The van der Waals surface area contributed by atoms with Crippen molar-refractivity contribution in [1.82, 2.24) is 10.3 Å². The second-order valence-electron chi connectivity index (χ2n) is 6.64. The van der Waals surface area contributed by atoms with Gasteiger partial charge in [0.25, 0.3) is 11.8 Å². The molecule has 0 spiro atoms. The van der Waals surface area contributed by atoms with E-state index in [1.54, 1.807) is 23.6 Å². The summed E-state index contributed by atoms with van der Waals surface area (Å²) in [6.45, 7) is 4.35. The molecular weight excluding hydrogens is 358 g/mol.